The predicted octanol–water partition coefficient (Wildman–Crippen LogP) is 1.89. The lowest BCUT2D eigenvalue weighted by atomic mass is 9.91. The van der Waals surface area contributed by atoms with Crippen molar-refractivity contribution >= 4 is 0 Å². The molecule has 0 aromatic carbocycles. The fraction of sp³-hybridized carbons (Fsp3) is 1.00. The third-order valence-electron chi connectivity index (χ3n) is 3.87. The number of hydrogen-bond donors (Lipinski definition) is 2. The van der Waals surface area contributed by atoms with Crippen LogP contribution in [0.25, 0.3) is 0 Å². The molecule has 2 saturated carbocycles. The summed E-state index contributed by atoms with van der Waals surface area (Å²) in [6, 6.07) is 1.16. The molecule has 3 N–H and O–H groups in total. The lowest BCUT2D eigenvalue weighted by Crippen LogP contribution is -2.41. The molecule has 0 heterocycles. The zero-order valence-electron chi connectivity index (χ0n) is 9.34. The molecule has 82 valence electrons. The van der Waals surface area contributed by atoms with Crippen molar-refractivity contribution < 1.29 is 0 Å². The molecule has 0 aliphatic heterocycles. The highest BCUT2D eigenvalue weighted by atomic mass is 14.9. The summed E-state index contributed by atoms with van der Waals surface area (Å²) in [5.74, 6) is 1.91. The number of nitrogens with one attached hydrogen (secondary N) is 1. The largest absolute Gasteiger partial charge is 0.328 e. The molecule has 0 amide bonds. The molecule has 0 spiro atoms. The summed E-state index contributed by atoms with van der Waals surface area (Å²) in [6.45, 7) is 3.59. The summed E-state index contributed by atoms with van der Waals surface area (Å²) >= 11 is 0. The number of rotatable bonds is 4. The van der Waals surface area contributed by atoms with Crippen LogP contribution < -0.4 is 11.1 Å². The zero-order chi connectivity index (χ0) is 9.97. The van der Waals surface area contributed by atoms with Gasteiger partial charge in [-0.1, -0.05) is 13.3 Å². The molecule has 2 rings (SSSR count). The highest BCUT2D eigenvalue weighted by Gasteiger charge is 2.28. The van der Waals surface area contributed by atoms with E-state index in [0.29, 0.717) is 12.1 Å². The van der Waals surface area contributed by atoms with Gasteiger partial charge in [0.1, 0.15) is 0 Å². The van der Waals surface area contributed by atoms with Gasteiger partial charge in [0.05, 0.1) is 0 Å². The molecule has 14 heavy (non-hydrogen) atoms. The van der Waals surface area contributed by atoms with Gasteiger partial charge < -0.3 is 11.1 Å². The molecule has 2 fully saturated rings. The minimum absolute atomic E-state index is 0.456. The van der Waals surface area contributed by atoms with Gasteiger partial charge in [0.2, 0.25) is 0 Å². The monoisotopic (exact) mass is 196 g/mol. The first-order chi connectivity index (χ1) is 6.75. The van der Waals surface area contributed by atoms with Crippen LogP contribution in [0.3, 0.4) is 0 Å². The van der Waals surface area contributed by atoms with Crippen molar-refractivity contribution in [3.8, 4) is 0 Å². The van der Waals surface area contributed by atoms with Gasteiger partial charge >= 0.3 is 0 Å². The topological polar surface area (TPSA) is 38.0 Å². The van der Waals surface area contributed by atoms with Gasteiger partial charge in [-0.3, -0.25) is 0 Å². The summed E-state index contributed by atoms with van der Waals surface area (Å²) in [7, 11) is 0. The van der Waals surface area contributed by atoms with E-state index >= 15 is 0 Å². The van der Waals surface area contributed by atoms with E-state index in [1.54, 1.807) is 0 Å². The maximum absolute atomic E-state index is 5.96. The average Bonchev–Trinajstić information content (AvgIpc) is 2.97. The van der Waals surface area contributed by atoms with Gasteiger partial charge in [0, 0.05) is 12.1 Å². The second kappa shape index (κ2) is 4.63. The predicted molar refractivity (Wildman–Crippen MR) is 60.1 cm³/mol. The molecule has 3 atom stereocenters. The van der Waals surface area contributed by atoms with Crippen molar-refractivity contribution in [3.63, 3.8) is 0 Å². The Labute approximate surface area is 87.6 Å². The van der Waals surface area contributed by atoms with Crippen molar-refractivity contribution in [2.24, 2.45) is 17.6 Å². The van der Waals surface area contributed by atoms with Crippen LogP contribution in [-0.4, -0.2) is 18.6 Å². The van der Waals surface area contributed by atoms with Gasteiger partial charge in [-0.25, -0.2) is 0 Å². The smallest absolute Gasteiger partial charge is 0.00819 e. The standard InChI is InChI=1S/C12H24N2/c1-9(10-5-6-10)8-14-12-4-2-3-11(13)7-12/h9-12,14H,2-8,13H2,1H3. The highest BCUT2D eigenvalue weighted by Crippen LogP contribution is 2.36. The molecule has 2 heteroatoms. The Morgan fingerprint density at radius 2 is 2.07 bits per heavy atom. The van der Waals surface area contributed by atoms with E-state index in [2.05, 4.69) is 12.2 Å². The van der Waals surface area contributed by atoms with Gasteiger partial charge in [-0.2, -0.15) is 0 Å². The van der Waals surface area contributed by atoms with Crippen LogP contribution in [0.2, 0.25) is 0 Å². The van der Waals surface area contributed by atoms with Gasteiger partial charge in [0.15, 0.2) is 0 Å². The lowest BCUT2D eigenvalue weighted by molar-refractivity contribution is 0.317. The summed E-state index contributed by atoms with van der Waals surface area (Å²) in [4.78, 5) is 0. The molecule has 2 aliphatic carbocycles. The summed E-state index contributed by atoms with van der Waals surface area (Å²) < 4.78 is 0. The maximum Gasteiger partial charge on any atom is 0.00819 e. The summed E-state index contributed by atoms with van der Waals surface area (Å²) in [5.41, 5.74) is 5.96. The Bertz CT molecular complexity index is 177. The third kappa shape index (κ3) is 2.96. The summed E-state index contributed by atoms with van der Waals surface area (Å²) in [5, 5.41) is 3.69. The van der Waals surface area contributed by atoms with E-state index in [9.17, 15) is 0 Å². The van der Waals surface area contributed by atoms with Gasteiger partial charge in [-0.15, -0.1) is 0 Å². The van der Waals surface area contributed by atoms with Crippen molar-refractivity contribution in [1.29, 1.82) is 0 Å². The molecule has 2 nitrogen and oxygen atoms in total. The lowest BCUT2D eigenvalue weighted by Gasteiger charge is -2.28. The van der Waals surface area contributed by atoms with Crippen LogP contribution in [0.1, 0.15) is 45.4 Å². The molecule has 3 unspecified atom stereocenters. The van der Waals surface area contributed by atoms with E-state index in [0.717, 1.165) is 11.8 Å². The maximum atomic E-state index is 5.96. The Morgan fingerprint density at radius 3 is 2.71 bits per heavy atom. The van der Waals surface area contributed by atoms with E-state index in [-0.39, 0.29) is 0 Å². The van der Waals surface area contributed by atoms with Crippen LogP contribution in [-0.2, 0) is 0 Å². The Balaban J connectivity index is 1.63. The SMILES string of the molecule is CC(CNC1CCCC(N)C1)C1CC1. The minimum Gasteiger partial charge on any atom is -0.328 e. The van der Waals surface area contributed by atoms with Crippen LogP contribution in [0.5, 0.6) is 0 Å². The van der Waals surface area contributed by atoms with Crippen molar-refractivity contribution in [1.82, 2.24) is 5.32 Å². The Hall–Kier alpha value is -0.0800. The van der Waals surface area contributed by atoms with Crippen molar-refractivity contribution in [3.05, 3.63) is 0 Å². The fourth-order valence-corrected chi connectivity index (χ4v) is 2.60. The van der Waals surface area contributed by atoms with Crippen LogP contribution in [0, 0.1) is 11.8 Å². The van der Waals surface area contributed by atoms with E-state index in [4.69, 9.17) is 5.73 Å². The molecule has 0 aromatic heterocycles. The second-order valence-electron chi connectivity index (χ2n) is 5.35. The van der Waals surface area contributed by atoms with Crippen molar-refractivity contribution in [2.75, 3.05) is 6.54 Å². The van der Waals surface area contributed by atoms with Crippen LogP contribution in [0.15, 0.2) is 0 Å². The number of hydrogen-bond acceptors (Lipinski definition) is 2. The quantitative estimate of drug-likeness (QED) is 0.720. The van der Waals surface area contributed by atoms with Gasteiger partial charge in [0.25, 0.3) is 0 Å². The first-order valence-electron chi connectivity index (χ1n) is 6.24. The first-order valence-corrected chi connectivity index (χ1v) is 6.24. The van der Waals surface area contributed by atoms with Crippen LogP contribution in [0.4, 0.5) is 0 Å². The highest BCUT2D eigenvalue weighted by molar-refractivity contribution is 4.83. The fourth-order valence-electron chi connectivity index (χ4n) is 2.60. The molecular formula is C12H24N2. The van der Waals surface area contributed by atoms with Crippen LogP contribution >= 0.6 is 0 Å². The molecule has 2 aliphatic rings. The molecule has 0 radical (unpaired) electrons. The van der Waals surface area contributed by atoms with Gasteiger partial charge in [-0.05, 0) is 50.5 Å². The van der Waals surface area contributed by atoms with E-state index < -0.39 is 0 Å². The average molecular weight is 196 g/mol. The molecule has 0 aromatic rings. The molecule has 0 saturated heterocycles. The third-order valence-corrected chi connectivity index (χ3v) is 3.87. The van der Waals surface area contributed by atoms with E-state index in [1.807, 2.05) is 0 Å². The Morgan fingerprint density at radius 1 is 1.29 bits per heavy atom. The zero-order valence-corrected chi connectivity index (χ0v) is 9.34. The molecule has 0 bridgehead atoms. The normalized spacial score (nSPS) is 35.6. The van der Waals surface area contributed by atoms with Crippen molar-refractivity contribution in [2.45, 2.75) is 57.5 Å². The minimum atomic E-state index is 0.456. The number of nitrogens with two attached hydrogens (primary N) is 1. The second-order valence-corrected chi connectivity index (χ2v) is 5.35. The first kappa shape index (κ1) is 10.4. The summed E-state index contributed by atoms with van der Waals surface area (Å²) in [6.07, 6.45) is 8.01. The Kier molecular flexibility index (Phi) is 3.45. The van der Waals surface area contributed by atoms with E-state index in [1.165, 1.54) is 45.1 Å². The molecular weight excluding hydrogens is 172 g/mol.